The summed E-state index contributed by atoms with van der Waals surface area (Å²) >= 11 is 2.71. The number of rotatable bonds is 10. The van der Waals surface area contributed by atoms with Crippen molar-refractivity contribution in [3.05, 3.63) is 71.8 Å². The van der Waals surface area contributed by atoms with E-state index in [0.717, 1.165) is 5.56 Å². The van der Waals surface area contributed by atoms with Crippen LogP contribution < -0.4 is 5.32 Å². The van der Waals surface area contributed by atoms with E-state index >= 15 is 0 Å². The van der Waals surface area contributed by atoms with E-state index in [9.17, 15) is 9.59 Å². The molecule has 6 heteroatoms. The third kappa shape index (κ3) is 7.79. The summed E-state index contributed by atoms with van der Waals surface area (Å²) in [5.41, 5.74) is 1.74. The summed E-state index contributed by atoms with van der Waals surface area (Å²) in [6.45, 7) is 0.0282. The topological polar surface area (TPSA) is 66.4 Å². The van der Waals surface area contributed by atoms with E-state index in [1.807, 2.05) is 54.8 Å². The molecule has 2 N–H and O–H groups in total. The number of hydrogen-bond donors (Lipinski definition) is 2. The Morgan fingerprint density at radius 3 is 2.26 bits per heavy atom. The summed E-state index contributed by atoms with van der Waals surface area (Å²) in [7, 11) is 0. The first-order chi connectivity index (χ1) is 13.1. The third-order valence-corrected chi connectivity index (χ3v) is 6.04. The number of aliphatic hydroxyl groups is 1. The van der Waals surface area contributed by atoms with E-state index in [1.54, 1.807) is 12.1 Å². The van der Waals surface area contributed by atoms with Crippen LogP contribution in [-0.2, 0) is 11.2 Å². The van der Waals surface area contributed by atoms with Gasteiger partial charge in [0.05, 0.1) is 5.37 Å². The van der Waals surface area contributed by atoms with Crippen LogP contribution in [0.2, 0.25) is 0 Å². The molecular weight excluding hydrogens is 378 g/mol. The van der Waals surface area contributed by atoms with Crippen molar-refractivity contribution in [2.75, 3.05) is 12.9 Å². The predicted molar refractivity (Wildman–Crippen MR) is 114 cm³/mol. The van der Waals surface area contributed by atoms with Crippen molar-refractivity contribution in [2.45, 2.75) is 29.9 Å². The van der Waals surface area contributed by atoms with Crippen molar-refractivity contribution in [3.8, 4) is 0 Å². The lowest BCUT2D eigenvalue weighted by molar-refractivity contribution is -0.121. The van der Waals surface area contributed by atoms with Crippen LogP contribution in [0.1, 0.15) is 28.8 Å². The van der Waals surface area contributed by atoms with E-state index in [4.69, 9.17) is 5.11 Å². The lowest BCUT2D eigenvalue weighted by Gasteiger charge is -2.19. The second-order valence-corrected chi connectivity index (χ2v) is 8.40. The summed E-state index contributed by atoms with van der Waals surface area (Å²) in [4.78, 5) is 25.1. The van der Waals surface area contributed by atoms with Crippen LogP contribution in [0.5, 0.6) is 0 Å². The molecule has 2 aromatic carbocycles. The SMILES string of the molecule is CSC(CCO)NC(=O)CC(Cc1ccccc1)SC(=O)c1ccccc1. The molecule has 0 radical (unpaired) electrons. The highest BCUT2D eigenvalue weighted by Crippen LogP contribution is 2.24. The molecule has 2 aromatic rings. The van der Waals surface area contributed by atoms with Crippen molar-refractivity contribution in [3.63, 3.8) is 0 Å². The van der Waals surface area contributed by atoms with Gasteiger partial charge in [0, 0.05) is 30.3 Å². The van der Waals surface area contributed by atoms with Crippen LogP contribution in [0.4, 0.5) is 0 Å². The molecule has 2 rings (SSSR count). The van der Waals surface area contributed by atoms with Crippen LogP contribution in [0.15, 0.2) is 60.7 Å². The molecule has 0 spiro atoms. The fourth-order valence-corrected chi connectivity index (χ4v) is 4.31. The zero-order chi connectivity index (χ0) is 19.5. The second-order valence-electron chi connectivity index (χ2n) is 6.09. The van der Waals surface area contributed by atoms with Gasteiger partial charge in [-0.15, -0.1) is 11.8 Å². The first-order valence-corrected chi connectivity index (χ1v) is 11.0. The van der Waals surface area contributed by atoms with Crippen LogP contribution in [0, 0.1) is 0 Å². The monoisotopic (exact) mass is 403 g/mol. The summed E-state index contributed by atoms with van der Waals surface area (Å²) in [6.07, 6.45) is 3.30. The molecule has 1 amide bonds. The number of thioether (sulfide) groups is 2. The molecule has 0 saturated carbocycles. The van der Waals surface area contributed by atoms with Crippen LogP contribution in [0.25, 0.3) is 0 Å². The first kappa shape index (κ1) is 21.5. The van der Waals surface area contributed by atoms with E-state index < -0.39 is 0 Å². The van der Waals surface area contributed by atoms with Gasteiger partial charge in [-0.1, -0.05) is 72.4 Å². The highest BCUT2D eigenvalue weighted by molar-refractivity contribution is 8.14. The van der Waals surface area contributed by atoms with Gasteiger partial charge in [-0.05, 0) is 18.2 Å². The van der Waals surface area contributed by atoms with Gasteiger partial charge in [-0.25, -0.2) is 0 Å². The maximum atomic E-state index is 12.6. The van der Waals surface area contributed by atoms with Crippen LogP contribution >= 0.6 is 23.5 Å². The molecule has 2 unspecified atom stereocenters. The molecule has 0 saturated heterocycles. The highest BCUT2D eigenvalue weighted by atomic mass is 32.2. The van der Waals surface area contributed by atoms with Crippen LogP contribution in [0.3, 0.4) is 0 Å². The zero-order valence-corrected chi connectivity index (χ0v) is 17.0. The van der Waals surface area contributed by atoms with Gasteiger partial charge in [0.2, 0.25) is 11.0 Å². The molecule has 0 aliphatic heterocycles. The zero-order valence-electron chi connectivity index (χ0n) is 15.3. The summed E-state index contributed by atoms with van der Waals surface area (Å²) in [6, 6.07) is 19.0. The van der Waals surface area contributed by atoms with Gasteiger partial charge in [-0.3, -0.25) is 9.59 Å². The minimum Gasteiger partial charge on any atom is -0.396 e. The van der Waals surface area contributed by atoms with Crippen molar-refractivity contribution < 1.29 is 14.7 Å². The number of carbonyl (C=O) groups is 2. The Morgan fingerprint density at radius 2 is 1.67 bits per heavy atom. The number of hydrogen-bond acceptors (Lipinski definition) is 5. The molecule has 0 aromatic heterocycles. The maximum absolute atomic E-state index is 12.6. The molecule has 0 aliphatic carbocycles. The highest BCUT2D eigenvalue weighted by Gasteiger charge is 2.21. The largest absolute Gasteiger partial charge is 0.396 e. The minimum absolute atomic E-state index is 0.0268. The third-order valence-electron chi connectivity index (χ3n) is 4.00. The van der Waals surface area contributed by atoms with Gasteiger partial charge >= 0.3 is 0 Å². The average Bonchev–Trinajstić information content (AvgIpc) is 2.69. The lowest BCUT2D eigenvalue weighted by atomic mass is 10.1. The van der Waals surface area contributed by atoms with Crippen molar-refractivity contribution in [1.82, 2.24) is 5.32 Å². The van der Waals surface area contributed by atoms with E-state index in [1.165, 1.54) is 23.5 Å². The molecule has 0 aliphatic rings. The molecule has 27 heavy (non-hydrogen) atoms. The number of aliphatic hydroxyl groups excluding tert-OH is 1. The lowest BCUT2D eigenvalue weighted by Crippen LogP contribution is -2.35. The molecule has 2 atom stereocenters. The van der Waals surface area contributed by atoms with Gasteiger partial charge in [0.1, 0.15) is 0 Å². The summed E-state index contributed by atoms with van der Waals surface area (Å²) in [5, 5.41) is 11.7. The predicted octanol–water partition coefficient (Wildman–Crippen LogP) is 3.75. The Bertz CT molecular complexity index is 710. The number of nitrogens with one attached hydrogen (secondary N) is 1. The average molecular weight is 404 g/mol. The Hall–Kier alpha value is -1.76. The minimum atomic E-state index is -0.156. The normalized spacial score (nSPS) is 13.0. The molecule has 0 fully saturated rings. The Morgan fingerprint density at radius 1 is 1.04 bits per heavy atom. The molecule has 4 nitrogen and oxygen atoms in total. The molecular formula is C21H25NO3S2. The Labute approximate surface area is 169 Å². The van der Waals surface area contributed by atoms with E-state index in [2.05, 4.69) is 5.32 Å². The fraction of sp³-hybridized carbons (Fsp3) is 0.333. The van der Waals surface area contributed by atoms with Gasteiger partial charge in [0.25, 0.3) is 0 Å². The van der Waals surface area contributed by atoms with Gasteiger partial charge in [0.15, 0.2) is 0 Å². The maximum Gasteiger partial charge on any atom is 0.222 e. The fourth-order valence-electron chi connectivity index (χ4n) is 2.64. The Kier molecular flexibility index (Phi) is 9.45. The van der Waals surface area contributed by atoms with Crippen molar-refractivity contribution in [1.29, 1.82) is 0 Å². The molecule has 0 bridgehead atoms. The Balaban J connectivity index is 2.04. The standard InChI is InChI=1S/C21H25NO3S2/c1-26-20(12-13-23)22-19(24)15-18(14-16-8-4-2-5-9-16)27-21(25)17-10-6-3-7-11-17/h2-11,18,20,23H,12-15H2,1H3,(H,22,24). The van der Waals surface area contributed by atoms with Gasteiger partial charge < -0.3 is 10.4 Å². The van der Waals surface area contributed by atoms with E-state index in [-0.39, 0.29) is 34.7 Å². The van der Waals surface area contributed by atoms with Crippen LogP contribution in [-0.4, -0.2) is 39.6 Å². The van der Waals surface area contributed by atoms with E-state index in [0.29, 0.717) is 18.4 Å². The number of carbonyl (C=O) groups excluding carboxylic acids is 2. The van der Waals surface area contributed by atoms with Gasteiger partial charge in [-0.2, -0.15) is 0 Å². The quantitative estimate of drug-likeness (QED) is 0.592. The first-order valence-electron chi connectivity index (χ1n) is 8.85. The summed E-state index contributed by atoms with van der Waals surface area (Å²) < 4.78 is 0. The summed E-state index contributed by atoms with van der Waals surface area (Å²) in [5.74, 6) is -0.0999. The van der Waals surface area contributed by atoms with Crippen molar-refractivity contribution >= 4 is 34.5 Å². The molecule has 144 valence electrons. The van der Waals surface area contributed by atoms with Crippen molar-refractivity contribution in [2.24, 2.45) is 0 Å². The second kappa shape index (κ2) is 11.8. The smallest absolute Gasteiger partial charge is 0.222 e. The molecule has 0 heterocycles. The number of amides is 1. The number of benzene rings is 2.